The van der Waals surface area contributed by atoms with Gasteiger partial charge in [0.25, 0.3) is 5.91 Å². The summed E-state index contributed by atoms with van der Waals surface area (Å²) < 4.78 is 34.0. The van der Waals surface area contributed by atoms with Crippen molar-refractivity contribution in [2.75, 3.05) is 24.7 Å². The highest BCUT2D eigenvalue weighted by Crippen LogP contribution is 2.34. The first-order valence-electron chi connectivity index (χ1n) is 10.8. The van der Waals surface area contributed by atoms with Gasteiger partial charge in [0, 0.05) is 18.0 Å². The molecule has 0 spiro atoms. The van der Waals surface area contributed by atoms with E-state index >= 15 is 0 Å². The maximum absolute atomic E-state index is 13.2. The number of para-hydroxylation sites is 1. The fourth-order valence-electron chi connectivity index (χ4n) is 3.75. The summed E-state index contributed by atoms with van der Waals surface area (Å²) in [5.74, 6) is 0.628. The van der Waals surface area contributed by atoms with Gasteiger partial charge in [-0.25, -0.2) is 8.42 Å². The van der Waals surface area contributed by atoms with Crippen LogP contribution in [0.1, 0.15) is 29.6 Å². The zero-order chi connectivity index (χ0) is 23.3. The summed E-state index contributed by atoms with van der Waals surface area (Å²) in [4.78, 5) is 14.1. The molecule has 1 heterocycles. The minimum Gasteiger partial charge on any atom is -0.455 e. The van der Waals surface area contributed by atoms with Crippen LogP contribution in [0, 0.1) is 0 Å². The average molecular weight is 483 g/mol. The van der Waals surface area contributed by atoms with Crippen LogP contribution in [0.4, 0.5) is 5.69 Å². The molecular weight excluding hydrogens is 456 g/mol. The molecule has 0 radical (unpaired) electrons. The molecule has 33 heavy (non-hydrogen) atoms. The fourth-order valence-corrected chi connectivity index (χ4v) is 5.89. The molecule has 1 fully saturated rings. The van der Waals surface area contributed by atoms with E-state index in [4.69, 9.17) is 4.74 Å². The van der Waals surface area contributed by atoms with E-state index in [0.717, 1.165) is 24.2 Å². The van der Waals surface area contributed by atoms with Gasteiger partial charge in [0.2, 0.25) is 10.0 Å². The van der Waals surface area contributed by atoms with E-state index in [1.807, 2.05) is 36.6 Å². The zero-order valence-corrected chi connectivity index (χ0v) is 20.0. The molecule has 1 N–H and O–H groups in total. The molecule has 0 unspecified atom stereocenters. The largest absolute Gasteiger partial charge is 0.455 e. The van der Waals surface area contributed by atoms with E-state index in [2.05, 4.69) is 5.32 Å². The Morgan fingerprint density at radius 2 is 1.64 bits per heavy atom. The van der Waals surface area contributed by atoms with Gasteiger partial charge in [0.15, 0.2) is 5.75 Å². The van der Waals surface area contributed by atoms with Crippen molar-refractivity contribution in [2.45, 2.75) is 29.1 Å². The second-order valence-corrected chi connectivity index (χ2v) is 10.5. The predicted molar refractivity (Wildman–Crippen MR) is 132 cm³/mol. The van der Waals surface area contributed by atoms with Crippen molar-refractivity contribution in [1.82, 2.24) is 4.31 Å². The third-order valence-corrected chi connectivity index (χ3v) is 8.17. The molecule has 0 saturated carbocycles. The van der Waals surface area contributed by atoms with Crippen LogP contribution in [0.25, 0.3) is 0 Å². The number of hydrogen-bond acceptors (Lipinski definition) is 5. The third kappa shape index (κ3) is 5.40. The number of nitrogens with one attached hydrogen (secondary N) is 1. The van der Waals surface area contributed by atoms with E-state index in [1.165, 1.54) is 28.2 Å². The molecule has 172 valence electrons. The predicted octanol–water partition coefficient (Wildman–Crippen LogP) is 5.63. The van der Waals surface area contributed by atoms with Crippen molar-refractivity contribution in [2.24, 2.45) is 0 Å². The molecule has 1 saturated heterocycles. The summed E-state index contributed by atoms with van der Waals surface area (Å²) in [7, 11) is -3.67. The molecule has 8 heteroatoms. The van der Waals surface area contributed by atoms with Gasteiger partial charge in [0.1, 0.15) is 5.75 Å². The van der Waals surface area contributed by atoms with Crippen LogP contribution in [-0.2, 0) is 10.0 Å². The van der Waals surface area contributed by atoms with Gasteiger partial charge >= 0.3 is 0 Å². The molecule has 0 bridgehead atoms. The molecule has 0 aromatic heterocycles. The lowest BCUT2D eigenvalue weighted by molar-refractivity contribution is 0.102. The smallest absolute Gasteiger partial charge is 0.256 e. The van der Waals surface area contributed by atoms with Crippen LogP contribution < -0.4 is 10.1 Å². The van der Waals surface area contributed by atoms with E-state index in [0.29, 0.717) is 35.8 Å². The Morgan fingerprint density at radius 3 is 2.36 bits per heavy atom. The molecule has 4 rings (SSSR count). The zero-order valence-electron chi connectivity index (χ0n) is 18.4. The standard InChI is InChI=1S/C25H26N2O4S2/c1-32-24-13-7-6-12-21(24)25(28)26-22-18-20(33(29,30)27-16-8-3-9-17-27)14-15-23(22)31-19-10-4-2-5-11-19/h2,4-7,10-15,18H,3,8-9,16-17H2,1H3,(H,26,28). The lowest BCUT2D eigenvalue weighted by atomic mass is 10.2. The number of piperidine rings is 1. The lowest BCUT2D eigenvalue weighted by Gasteiger charge is -2.26. The number of benzene rings is 3. The molecule has 1 aliphatic heterocycles. The minimum absolute atomic E-state index is 0.137. The van der Waals surface area contributed by atoms with Crippen LogP contribution in [-0.4, -0.2) is 38.0 Å². The molecule has 0 atom stereocenters. The Hall–Kier alpha value is -2.81. The maximum Gasteiger partial charge on any atom is 0.256 e. The number of carbonyl (C=O) groups excluding carboxylic acids is 1. The topological polar surface area (TPSA) is 75.7 Å². The molecule has 3 aromatic rings. The number of sulfonamides is 1. The first-order valence-corrected chi connectivity index (χ1v) is 13.5. The highest BCUT2D eigenvalue weighted by molar-refractivity contribution is 7.98. The molecule has 6 nitrogen and oxygen atoms in total. The number of nitrogens with zero attached hydrogens (tertiary/aromatic N) is 1. The van der Waals surface area contributed by atoms with Crippen LogP contribution in [0.15, 0.2) is 82.6 Å². The van der Waals surface area contributed by atoms with Crippen LogP contribution in [0.3, 0.4) is 0 Å². The van der Waals surface area contributed by atoms with Crippen molar-refractivity contribution in [3.8, 4) is 11.5 Å². The molecule has 1 amide bonds. The van der Waals surface area contributed by atoms with E-state index < -0.39 is 10.0 Å². The number of ether oxygens (including phenoxy) is 1. The van der Waals surface area contributed by atoms with Crippen LogP contribution in [0.2, 0.25) is 0 Å². The van der Waals surface area contributed by atoms with Gasteiger partial charge in [-0.15, -0.1) is 11.8 Å². The summed E-state index contributed by atoms with van der Waals surface area (Å²) in [5.41, 5.74) is 0.817. The molecule has 0 aliphatic carbocycles. The average Bonchev–Trinajstić information content (AvgIpc) is 2.86. The SMILES string of the molecule is CSc1ccccc1C(=O)Nc1cc(S(=O)(=O)N2CCCCC2)ccc1Oc1ccccc1. The van der Waals surface area contributed by atoms with Crippen LogP contribution >= 0.6 is 11.8 Å². The molecule has 3 aromatic carbocycles. The van der Waals surface area contributed by atoms with E-state index in [-0.39, 0.29) is 10.8 Å². The first kappa shape index (κ1) is 23.4. The number of rotatable bonds is 7. The highest BCUT2D eigenvalue weighted by Gasteiger charge is 2.27. The van der Waals surface area contributed by atoms with Crippen molar-refractivity contribution in [3.05, 3.63) is 78.4 Å². The Labute approximate surface area is 199 Å². The van der Waals surface area contributed by atoms with Crippen molar-refractivity contribution in [1.29, 1.82) is 0 Å². The molecular formula is C25H26N2O4S2. The Balaban J connectivity index is 1.71. The van der Waals surface area contributed by atoms with Gasteiger partial charge in [-0.1, -0.05) is 36.8 Å². The van der Waals surface area contributed by atoms with Crippen molar-refractivity contribution < 1.29 is 17.9 Å². The number of carbonyl (C=O) groups is 1. The van der Waals surface area contributed by atoms with Gasteiger partial charge in [-0.3, -0.25) is 4.79 Å². The maximum atomic E-state index is 13.2. The van der Waals surface area contributed by atoms with E-state index in [9.17, 15) is 13.2 Å². The summed E-state index contributed by atoms with van der Waals surface area (Å²) in [5, 5.41) is 2.88. The second-order valence-electron chi connectivity index (χ2n) is 7.69. The Kier molecular flexibility index (Phi) is 7.37. The molecule has 1 aliphatic rings. The second kappa shape index (κ2) is 10.4. The quantitative estimate of drug-likeness (QED) is 0.442. The van der Waals surface area contributed by atoms with Crippen LogP contribution in [0.5, 0.6) is 11.5 Å². The van der Waals surface area contributed by atoms with Crippen molar-refractivity contribution >= 4 is 33.4 Å². The summed E-state index contributed by atoms with van der Waals surface area (Å²) in [6, 6.07) is 21.1. The van der Waals surface area contributed by atoms with Gasteiger partial charge in [-0.2, -0.15) is 4.31 Å². The fraction of sp³-hybridized carbons (Fsp3) is 0.240. The number of hydrogen-bond donors (Lipinski definition) is 1. The third-order valence-electron chi connectivity index (χ3n) is 5.47. The monoisotopic (exact) mass is 482 g/mol. The number of anilines is 1. The summed E-state index contributed by atoms with van der Waals surface area (Å²) in [6.07, 6.45) is 4.64. The number of thioether (sulfide) groups is 1. The summed E-state index contributed by atoms with van der Waals surface area (Å²) in [6.45, 7) is 1.01. The highest BCUT2D eigenvalue weighted by atomic mass is 32.2. The normalized spacial score (nSPS) is 14.6. The number of amides is 1. The summed E-state index contributed by atoms with van der Waals surface area (Å²) >= 11 is 1.47. The Bertz CT molecular complexity index is 1220. The lowest BCUT2D eigenvalue weighted by Crippen LogP contribution is -2.35. The Morgan fingerprint density at radius 1 is 0.939 bits per heavy atom. The first-order chi connectivity index (χ1) is 16.0. The van der Waals surface area contributed by atoms with Crippen molar-refractivity contribution in [3.63, 3.8) is 0 Å². The van der Waals surface area contributed by atoms with Gasteiger partial charge in [0.05, 0.1) is 16.1 Å². The minimum atomic E-state index is -3.67. The van der Waals surface area contributed by atoms with Gasteiger partial charge in [-0.05, 0) is 61.6 Å². The van der Waals surface area contributed by atoms with Gasteiger partial charge < -0.3 is 10.1 Å². The van der Waals surface area contributed by atoms with E-state index in [1.54, 1.807) is 30.3 Å².